The Morgan fingerprint density at radius 1 is 1.05 bits per heavy atom. The van der Waals surface area contributed by atoms with Crippen LogP contribution in [0.1, 0.15) is 63.1 Å². The van der Waals surface area contributed by atoms with Gasteiger partial charge < -0.3 is 32.2 Å². The second-order valence-corrected chi connectivity index (χ2v) is 9.96. The molecular weight excluding hydrogens is 534 g/mol. The molecule has 0 bridgehead atoms. The fourth-order valence-electron chi connectivity index (χ4n) is 3.50. The van der Waals surface area contributed by atoms with Crippen LogP contribution in [0.3, 0.4) is 0 Å². The van der Waals surface area contributed by atoms with Crippen LogP contribution in [0, 0.1) is 0 Å². The number of nitrogens with two attached hydrogens (primary N) is 2. The Kier molecular flexibility index (Phi) is 14.8. The Labute approximate surface area is 238 Å². The maximum atomic E-state index is 12.7. The summed E-state index contributed by atoms with van der Waals surface area (Å²) in [7, 11) is 0. The molecule has 0 unspecified atom stereocenters. The lowest BCUT2D eigenvalue weighted by molar-refractivity contribution is -0.147. The molecule has 0 aliphatic rings. The van der Waals surface area contributed by atoms with Gasteiger partial charge in [-0.1, -0.05) is 50.1 Å². The van der Waals surface area contributed by atoms with Crippen molar-refractivity contribution in [3.05, 3.63) is 47.0 Å². The maximum absolute atomic E-state index is 12.7. The molecule has 0 saturated heterocycles. The monoisotopic (exact) mass is 573 g/mol. The Hall–Kier alpha value is -4.00. The van der Waals surface area contributed by atoms with Crippen molar-refractivity contribution in [1.29, 1.82) is 0 Å². The molecule has 13 heteroatoms. The zero-order chi connectivity index (χ0) is 29.2. The number of aromatic nitrogens is 1. The number of unbranched alkanes of at least 4 members (excludes halogenated alkanes) is 3. The van der Waals surface area contributed by atoms with Crippen LogP contribution in [0.25, 0.3) is 0 Å². The third-order valence-electron chi connectivity index (χ3n) is 5.59. The average Bonchev–Trinajstić information content (AvgIpc) is 3.35. The third kappa shape index (κ3) is 13.7. The minimum Gasteiger partial charge on any atom is -0.461 e. The number of guanidine groups is 1. The number of anilines is 1. The summed E-state index contributed by atoms with van der Waals surface area (Å²) in [6, 6.07) is 8.09. The van der Waals surface area contributed by atoms with Crippen molar-refractivity contribution in [2.45, 2.75) is 70.9 Å². The van der Waals surface area contributed by atoms with Gasteiger partial charge in [-0.2, -0.15) is 0 Å². The van der Waals surface area contributed by atoms with E-state index in [0.717, 1.165) is 31.2 Å². The molecule has 1 atom stereocenters. The lowest BCUT2D eigenvalue weighted by Gasteiger charge is -2.18. The highest BCUT2D eigenvalue weighted by Crippen LogP contribution is 2.17. The molecule has 218 valence electrons. The van der Waals surface area contributed by atoms with Gasteiger partial charge in [-0.05, 0) is 24.8 Å². The van der Waals surface area contributed by atoms with Crippen LogP contribution in [0.4, 0.5) is 5.13 Å². The number of hydrogen-bond acceptors (Lipinski definition) is 8. The van der Waals surface area contributed by atoms with Gasteiger partial charge in [-0.3, -0.25) is 24.2 Å². The SMILES string of the molecule is CCCCNC(=O)[C@H](CC(=O)OCc1ccccc1)NC(=O)Cc1csc(NC(=O)CCCCCN=C(N)N)n1. The molecule has 0 fully saturated rings. The van der Waals surface area contributed by atoms with Gasteiger partial charge in [0, 0.05) is 24.9 Å². The van der Waals surface area contributed by atoms with Gasteiger partial charge in [0.05, 0.1) is 18.5 Å². The Balaban J connectivity index is 1.84. The van der Waals surface area contributed by atoms with E-state index in [1.165, 1.54) is 11.3 Å². The van der Waals surface area contributed by atoms with E-state index in [2.05, 4.69) is 25.9 Å². The second kappa shape index (κ2) is 18.3. The minimum absolute atomic E-state index is 0.0538. The molecule has 2 aromatic rings. The third-order valence-corrected chi connectivity index (χ3v) is 6.40. The summed E-state index contributed by atoms with van der Waals surface area (Å²) in [6.07, 6.45) is 3.84. The summed E-state index contributed by atoms with van der Waals surface area (Å²) in [4.78, 5) is 58.2. The summed E-state index contributed by atoms with van der Waals surface area (Å²) >= 11 is 1.20. The van der Waals surface area contributed by atoms with E-state index in [1.54, 1.807) is 5.38 Å². The standard InChI is InChI=1S/C27H39N7O5S/c1-2-3-13-30-25(38)21(16-24(37)39-17-19-10-6-4-7-11-19)33-23(36)15-20-18-40-27(32-20)34-22(35)12-8-5-9-14-31-26(28)29/h4,6-7,10-11,18,21H,2-3,5,8-9,12-17H2,1H3,(H,30,38)(H,33,36)(H4,28,29,31)(H,32,34,35)/t21-/m0/s1. The molecule has 1 aromatic heterocycles. The van der Waals surface area contributed by atoms with Crippen LogP contribution in [0.2, 0.25) is 0 Å². The minimum atomic E-state index is -1.09. The predicted octanol–water partition coefficient (Wildman–Crippen LogP) is 1.99. The van der Waals surface area contributed by atoms with Crippen LogP contribution < -0.4 is 27.4 Å². The van der Waals surface area contributed by atoms with E-state index in [1.807, 2.05) is 37.3 Å². The molecule has 0 aliphatic heterocycles. The molecule has 0 saturated carbocycles. The summed E-state index contributed by atoms with van der Waals surface area (Å²) in [6.45, 7) is 3.03. The lowest BCUT2D eigenvalue weighted by Crippen LogP contribution is -2.48. The van der Waals surface area contributed by atoms with Crippen molar-refractivity contribution in [2.75, 3.05) is 18.4 Å². The van der Waals surface area contributed by atoms with Gasteiger partial charge in [0.1, 0.15) is 12.6 Å². The first-order valence-electron chi connectivity index (χ1n) is 13.3. The topological polar surface area (TPSA) is 191 Å². The molecule has 40 heavy (non-hydrogen) atoms. The highest BCUT2D eigenvalue weighted by Gasteiger charge is 2.25. The fourth-order valence-corrected chi connectivity index (χ4v) is 4.23. The van der Waals surface area contributed by atoms with E-state index in [9.17, 15) is 19.2 Å². The van der Waals surface area contributed by atoms with Gasteiger partial charge in [-0.25, -0.2) is 4.98 Å². The van der Waals surface area contributed by atoms with E-state index in [0.29, 0.717) is 36.8 Å². The lowest BCUT2D eigenvalue weighted by atomic mass is 10.1. The van der Waals surface area contributed by atoms with Crippen LogP contribution >= 0.6 is 11.3 Å². The number of carbonyl (C=O) groups excluding carboxylic acids is 4. The molecule has 0 spiro atoms. The Morgan fingerprint density at radius 3 is 2.55 bits per heavy atom. The number of amides is 3. The number of nitrogens with one attached hydrogen (secondary N) is 3. The first-order valence-corrected chi connectivity index (χ1v) is 14.2. The number of ether oxygens (including phenoxy) is 1. The molecule has 1 aromatic carbocycles. The Bertz CT molecular complexity index is 1120. The van der Waals surface area contributed by atoms with Crippen LogP contribution in [0.15, 0.2) is 40.7 Å². The van der Waals surface area contributed by atoms with Crippen LogP contribution in [0.5, 0.6) is 0 Å². The first-order chi connectivity index (χ1) is 19.3. The Morgan fingerprint density at radius 2 is 1.82 bits per heavy atom. The predicted molar refractivity (Wildman–Crippen MR) is 154 cm³/mol. The average molecular weight is 574 g/mol. The first kappa shape index (κ1) is 32.2. The number of hydrogen-bond donors (Lipinski definition) is 5. The van der Waals surface area contributed by atoms with Crippen molar-refractivity contribution >= 4 is 46.1 Å². The number of thiazole rings is 1. The number of nitrogens with zero attached hydrogens (tertiary/aromatic N) is 2. The van der Waals surface area contributed by atoms with E-state index >= 15 is 0 Å². The smallest absolute Gasteiger partial charge is 0.308 e. The molecular formula is C27H39N7O5S. The van der Waals surface area contributed by atoms with Crippen LogP contribution in [-0.4, -0.2) is 53.8 Å². The number of rotatable bonds is 18. The zero-order valence-electron chi connectivity index (χ0n) is 22.8. The van der Waals surface area contributed by atoms with Crippen molar-refractivity contribution in [1.82, 2.24) is 15.6 Å². The maximum Gasteiger partial charge on any atom is 0.308 e. The molecule has 3 amide bonds. The van der Waals surface area contributed by atoms with Crippen molar-refractivity contribution in [3.8, 4) is 0 Å². The number of aliphatic imine (C=N–C) groups is 1. The summed E-state index contributed by atoms with van der Waals surface area (Å²) < 4.78 is 5.29. The fraction of sp³-hybridized carbons (Fsp3) is 0.481. The van der Waals surface area contributed by atoms with Gasteiger partial charge in [0.25, 0.3) is 0 Å². The molecule has 0 radical (unpaired) electrons. The normalized spacial score (nSPS) is 11.2. The summed E-state index contributed by atoms with van der Waals surface area (Å²) in [5, 5.41) is 10.1. The number of esters is 1. The summed E-state index contributed by atoms with van der Waals surface area (Å²) in [5.74, 6) is -1.66. The van der Waals surface area contributed by atoms with Gasteiger partial charge in [0.2, 0.25) is 17.7 Å². The van der Waals surface area contributed by atoms with Crippen molar-refractivity contribution in [3.63, 3.8) is 0 Å². The largest absolute Gasteiger partial charge is 0.461 e. The van der Waals surface area contributed by atoms with E-state index < -0.39 is 23.8 Å². The zero-order valence-corrected chi connectivity index (χ0v) is 23.6. The highest BCUT2D eigenvalue weighted by molar-refractivity contribution is 7.13. The highest BCUT2D eigenvalue weighted by atomic mass is 32.1. The van der Waals surface area contributed by atoms with E-state index in [4.69, 9.17) is 16.2 Å². The molecule has 12 nitrogen and oxygen atoms in total. The molecule has 0 aliphatic carbocycles. The van der Waals surface area contributed by atoms with E-state index in [-0.39, 0.29) is 31.3 Å². The quantitative estimate of drug-likeness (QED) is 0.0774. The molecule has 2 rings (SSSR count). The second-order valence-electron chi connectivity index (χ2n) is 9.10. The number of benzene rings is 1. The molecule has 1 heterocycles. The van der Waals surface area contributed by atoms with Crippen LogP contribution in [-0.2, 0) is 36.9 Å². The van der Waals surface area contributed by atoms with Crippen molar-refractivity contribution in [2.24, 2.45) is 16.5 Å². The van der Waals surface area contributed by atoms with Gasteiger partial charge in [-0.15, -0.1) is 11.3 Å². The number of carbonyl (C=O) groups is 4. The van der Waals surface area contributed by atoms with Crippen molar-refractivity contribution < 1.29 is 23.9 Å². The molecule has 7 N–H and O–H groups in total. The van der Waals surface area contributed by atoms with Gasteiger partial charge >= 0.3 is 5.97 Å². The summed E-state index contributed by atoms with van der Waals surface area (Å²) in [5.41, 5.74) is 11.8. The van der Waals surface area contributed by atoms with Gasteiger partial charge in [0.15, 0.2) is 11.1 Å².